The van der Waals surface area contributed by atoms with Gasteiger partial charge in [-0.1, -0.05) is 17.3 Å². The Labute approximate surface area is 112 Å². The van der Waals surface area contributed by atoms with Crippen molar-refractivity contribution in [2.45, 2.75) is 6.18 Å². The predicted octanol–water partition coefficient (Wildman–Crippen LogP) is 3.04. The summed E-state index contributed by atoms with van der Waals surface area (Å²) in [6.07, 6.45) is -1.31. The Morgan fingerprint density at radius 1 is 1.26 bits per heavy atom. The minimum absolute atomic E-state index is 0.132. The molecule has 1 heterocycles. The van der Waals surface area contributed by atoms with Crippen molar-refractivity contribution in [1.29, 1.82) is 0 Å². The third-order valence-electron chi connectivity index (χ3n) is 1.84. The van der Waals surface area contributed by atoms with Gasteiger partial charge in [-0.3, -0.25) is 0 Å². The fraction of sp³-hybridized carbons (Fsp3) is 0.0909. The lowest BCUT2D eigenvalue weighted by molar-refractivity contribution is -0.136. The standard InChI is InChI=1S/C8H7F3N2S.C3H3NO/c9-8(10,11)5-3-1-2-4-6(5)13-7(12)14;1-2-4-5-3-1/h1-4H,(H3,12,13,14);1-3H. The molecule has 0 aliphatic carbocycles. The van der Waals surface area contributed by atoms with Gasteiger partial charge < -0.3 is 15.6 Å². The van der Waals surface area contributed by atoms with Crippen LogP contribution in [-0.4, -0.2) is 10.3 Å². The molecule has 0 saturated carbocycles. The molecule has 3 N–H and O–H groups in total. The van der Waals surface area contributed by atoms with E-state index in [1.807, 2.05) is 0 Å². The molecule has 0 bridgehead atoms. The van der Waals surface area contributed by atoms with Gasteiger partial charge in [0.05, 0.1) is 17.4 Å². The Hall–Kier alpha value is -2.09. The van der Waals surface area contributed by atoms with Crippen molar-refractivity contribution in [3.63, 3.8) is 0 Å². The van der Waals surface area contributed by atoms with E-state index in [0.717, 1.165) is 6.07 Å². The fourth-order valence-corrected chi connectivity index (χ4v) is 1.26. The lowest BCUT2D eigenvalue weighted by atomic mass is 10.2. The molecule has 0 atom stereocenters. The van der Waals surface area contributed by atoms with Gasteiger partial charge in [0.25, 0.3) is 0 Å². The molecule has 0 radical (unpaired) electrons. The maximum atomic E-state index is 12.4. The molecule has 0 aliphatic heterocycles. The number of para-hydroxylation sites is 1. The minimum Gasteiger partial charge on any atom is -0.376 e. The van der Waals surface area contributed by atoms with Crippen LogP contribution in [0.3, 0.4) is 0 Å². The van der Waals surface area contributed by atoms with E-state index in [1.54, 1.807) is 12.3 Å². The van der Waals surface area contributed by atoms with Crippen LogP contribution in [-0.2, 0) is 6.18 Å². The smallest absolute Gasteiger partial charge is 0.376 e. The number of nitrogens with two attached hydrogens (primary N) is 1. The number of nitrogens with one attached hydrogen (secondary N) is 1. The van der Waals surface area contributed by atoms with Gasteiger partial charge in [0, 0.05) is 0 Å². The number of anilines is 1. The molecule has 0 unspecified atom stereocenters. The summed E-state index contributed by atoms with van der Waals surface area (Å²) in [5, 5.41) is 5.42. The van der Waals surface area contributed by atoms with Crippen molar-refractivity contribution in [3.8, 4) is 0 Å². The van der Waals surface area contributed by atoms with Gasteiger partial charge in [-0.25, -0.2) is 0 Å². The molecular formula is C11H10F3N3OS. The molecule has 1 aromatic carbocycles. The van der Waals surface area contributed by atoms with Crippen molar-refractivity contribution in [2.24, 2.45) is 5.73 Å². The largest absolute Gasteiger partial charge is 0.418 e. The van der Waals surface area contributed by atoms with Crippen LogP contribution in [0, 0.1) is 0 Å². The molecule has 0 spiro atoms. The molecule has 0 saturated heterocycles. The van der Waals surface area contributed by atoms with E-state index in [4.69, 9.17) is 5.73 Å². The summed E-state index contributed by atoms with van der Waals surface area (Å²) < 4.78 is 41.5. The first-order valence-electron chi connectivity index (χ1n) is 4.98. The van der Waals surface area contributed by atoms with Crippen molar-refractivity contribution in [1.82, 2.24) is 5.16 Å². The molecule has 1 aromatic heterocycles. The predicted molar refractivity (Wildman–Crippen MR) is 68.4 cm³/mol. The van der Waals surface area contributed by atoms with Crippen LogP contribution in [0.5, 0.6) is 0 Å². The number of nitrogens with zero attached hydrogens (tertiary/aromatic N) is 1. The quantitative estimate of drug-likeness (QED) is 0.790. The highest BCUT2D eigenvalue weighted by Gasteiger charge is 2.33. The van der Waals surface area contributed by atoms with Gasteiger partial charge >= 0.3 is 6.18 Å². The molecule has 0 fully saturated rings. The number of thiocarbonyl (C=S) groups is 1. The number of benzene rings is 1. The Balaban J connectivity index is 0.000000300. The van der Waals surface area contributed by atoms with E-state index in [1.165, 1.54) is 24.5 Å². The van der Waals surface area contributed by atoms with Gasteiger partial charge in [0.15, 0.2) is 5.11 Å². The Kier molecular flexibility index (Phi) is 5.31. The zero-order valence-electron chi connectivity index (χ0n) is 9.52. The van der Waals surface area contributed by atoms with E-state index in [0.29, 0.717) is 0 Å². The Bertz CT molecular complexity index is 497. The van der Waals surface area contributed by atoms with E-state index < -0.39 is 11.7 Å². The van der Waals surface area contributed by atoms with Gasteiger partial charge in [-0.05, 0) is 30.4 Å². The Morgan fingerprint density at radius 3 is 2.37 bits per heavy atom. The number of hydrogen-bond acceptors (Lipinski definition) is 3. The van der Waals surface area contributed by atoms with Crippen molar-refractivity contribution in [2.75, 3.05) is 5.32 Å². The number of hydrogen-bond donors (Lipinski definition) is 2. The van der Waals surface area contributed by atoms with E-state index in [-0.39, 0.29) is 10.8 Å². The second kappa shape index (κ2) is 6.74. The first kappa shape index (κ1) is 15.0. The maximum absolute atomic E-state index is 12.4. The van der Waals surface area contributed by atoms with Crippen molar-refractivity contribution >= 4 is 23.0 Å². The molecule has 4 nitrogen and oxygen atoms in total. The minimum atomic E-state index is -4.41. The van der Waals surface area contributed by atoms with E-state index >= 15 is 0 Å². The summed E-state index contributed by atoms with van der Waals surface area (Å²) >= 11 is 4.46. The molecule has 2 rings (SSSR count). The average Bonchev–Trinajstić information content (AvgIpc) is 2.85. The second-order valence-corrected chi connectivity index (χ2v) is 3.66. The van der Waals surface area contributed by atoms with Crippen LogP contribution in [0.15, 0.2) is 47.3 Å². The SMILES string of the molecule is NC(=S)Nc1ccccc1C(F)(F)F.c1cnoc1. The summed E-state index contributed by atoms with van der Waals surface area (Å²) in [6, 6.07) is 6.71. The Morgan fingerprint density at radius 2 is 1.95 bits per heavy atom. The normalized spacial score (nSPS) is 10.3. The monoisotopic (exact) mass is 289 g/mol. The first-order chi connectivity index (χ1) is 8.91. The van der Waals surface area contributed by atoms with Crippen LogP contribution in [0.4, 0.5) is 18.9 Å². The van der Waals surface area contributed by atoms with E-state index in [9.17, 15) is 13.2 Å². The van der Waals surface area contributed by atoms with Crippen LogP contribution in [0.25, 0.3) is 0 Å². The molecule has 0 amide bonds. The number of aromatic nitrogens is 1. The van der Waals surface area contributed by atoms with Gasteiger partial charge in [-0.2, -0.15) is 13.2 Å². The number of rotatable bonds is 1. The molecule has 19 heavy (non-hydrogen) atoms. The molecule has 102 valence electrons. The third kappa shape index (κ3) is 5.38. The van der Waals surface area contributed by atoms with Crippen LogP contribution >= 0.6 is 12.2 Å². The van der Waals surface area contributed by atoms with Crippen molar-refractivity contribution < 1.29 is 17.7 Å². The summed E-state index contributed by atoms with van der Waals surface area (Å²) in [7, 11) is 0. The third-order valence-corrected chi connectivity index (χ3v) is 1.94. The topological polar surface area (TPSA) is 64.1 Å². The summed E-state index contributed by atoms with van der Waals surface area (Å²) in [5.74, 6) is 0. The number of halogens is 3. The second-order valence-electron chi connectivity index (χ2n) is 3.22. The van der Waals surface area contributed by atoms with Gasteiger partial charge in [0.1, 0.15) is 6.26 Å². The molecule has 0 aliphatic rings. The lowest BCUT2D eigenvalue weighted by Gasteiger charge is -2.12. The van der Waals surface area contributed by atoms with Crippen LogP contribution in [0.2, 0.25) is 0 Å². The molecule has 2 aromatic rings. The lowest BCUT2D eigenvalue weighted by Crippen LogP contribution is -2.21. The first-order valence-corrected chi connectivity index (χ1v) is 5.39. The summed E-state index contributed by atoms with van der Waals surface area (Å²) in [5.41, 5.74) is 4.17. The zero-order chi connectivity index (χ0) is 14.3. The summed E-state index contributed by atoms with van der Waals surface area (Å²) in [4.78, 5) is 0. The van der Waals surface area contributed by atoms with Crippen LogP contribution in [0.1, 0.15) is 5.56 Å². The number of alkyl halides is 3. The zero-order valence-corrected chi connectivity index (χ0v) is 10.3. The summed E-state index contributed by atoms with van der Waals surface area (Å²) in [6.45, 7) is 0. The molecular weight excluding hydrogens is 279 g/mol. The van der Waals surface area contributed by atoms with Gasteiger partial charge in [0.2, 0.25) is 0 Å². The average molecular weight is 289 g/mol. The highest BCUT2D eigenvalue weighted by atomic mass is 32.1. The van der Waals surface area contributed by atoms with Crippen molar-refractivity contribution in [3.05, 3.63) is 48.4 Å². The highest BCUT2D eigenvalue weighted by Crippen LogP contribution is 2.34. The maximum Gasteiger partial charge on any atom is 0.418 e. The highest BCUT2D eigenvalue weighted by molar-refractivity contribution is 7.80. The molecule has 8 heteroatoms. The van der Waals surface area contributed by atoms with E-state index in [2.05, 4.69) is 27.2 Å². The fourth-order valence-electron chi connectivity index (χ4n) is 1.15. The van der Waals surface area contributed by atoms with Crippen LogP contribution < -0.4 is 11.1 Å². The van der Waals surface area contributed by atoms with Gasteiger partial charge in [-0.15, -0.1) is 0 Å².